The van der Waals surface area contributed by atoms with E-state index in [1.807, 2.05) is 48.7 Å². The Kier molecular flexibility index (Phi) is 7.03. The number of rotatable bonds is 10. The van der Waals surface area contributed by atoms with E-state index in [-0.39, 0.29) is 5.92 Å². The molecule has 0 N–H and O–H groups in total. The van der Waals surface area contributed by atoms with Crippen LogP contribution in [0.3, 0.4) is 0 Å². The van der Waals surface area contributed by atoms with Gasteiger partial charge in [-0.3, -0.25) is 0 Å². The van der Waals surface area contributed by atoms with Gasteiger partial charge in [0.05, 0.1) is 39.4 Å². The summed E-state index contributed by atoms with van der Waals surface area (Å²) in [6, 6.07) is 30.8. The van der Waals surface area contributed by atoms with Crippen LogP contribution < -0.4 is 4.74 Å². The van der Waals surface area contributed by atoms with Crippen molar-refractivity contribution in [3.05, 3.63) is 120 Å². The van der Waals surface area contributed by atoms with Crippen LogP contribution in [0.1, 0.15) is 35.1 Å². The molecule has 0 amide bonds. The van der Waals surface area contributed by atoms with Crippen molar-refractivity contribution < 1.29 is 13.6 Å². The van der Waals surface area contributed by atoms with E-state index in [1.54, 1.807) is 0 Å². The summed E-state index contributed by atoms with van der Waals surface area (Å²) in [5.41, 5.74) is 2.36. The maximum absolute atomic E-state index is 6.31. The Morgan fingerprint density at radius 3 is 1.97 bits per heavy atom. The summed E-state index contributed by atoms with van der Waals surface area (Å²) in [6.45, 7) is 2.48. The first-order chi connectivity index (χ1) is 15.6. The maximum Gasteiger partial charge on any atom is 0.206 e. The number of hydrogen-bond acceptors (Lipinski definition) is 3. The summed E-state index contributed by atoms with van der Waals surface area (Å²) in [4.78, 5) is 4.69. The van der Waals surface area contributed by atoms with Gasteiger partial charge in [0.1, 0.15) is 12.3 Å². The molecule has 32 heavy (non-hydrogen) atoms. The third-order valence-corrected chi connectivity index (χ3v) is 5.59. The Morgan fingerprint density at radius 2 is 1.38 bits per heavy atom. The third-order valence-electron chi connectivity index (χ3n) is 5.59. The highest BCUT2D eigenvalue weighted by Gasteiger charge is 2.24. The van der Waals surface area contributed by atoms with Gasteiger partial charge in [-0.1, -0.05) is 78.9 Å². The molecular weight excluding hydrogens is 396 g/mol. The van der Waals surface area contributed by atoms with Crippen molar-refractivity contribution in [3.8, 4) is 5.75 Å². The molecule has 0 fully saturated rings. The number of aromatic nitrogens is 1. The second-order valence-electron chi connectivity index (χ2n) is 8.75. The molecule has 0 atom stereocenters. The summed E-state index contributed by atoms with van der Waals surface area (Å²) in [6.07, 6.45) is 2.86. The molecule has 3 aromatic carbocycles. The zero-order valence-electron chi connectivity index (χ0n) is 18.9. The monoisotopic (exact) mass is 427 g/mol. The van der Waals surface area contributed by atoms with Crippen LogP contribution in [0.4, 0.5) is 0 Å². The lowest BCUT2D eigenvalue weighted by atomic mass is 9.91. The fourth-order valence-electron chi connectivity index (χ4n) is 4.00. The Labute approximate surface area is 190 Å². The van der Waals surface area contributed by atoms with Crippen LogP contribution in [0.5, 0.6) is 5.75 Å². The highest BCUT2D eigenvalue weighted by atomic mass is 16.5. The highest BCUT2D eigenvalue weighted by molar-refractivity contribution is 5.37. The lowest BCUT2D eigenvalue weighted by Crippen LogP contribution is -2.40. The average molecular weight is 428 g/mol. The molecule has 0 aliphatic rings. The van der Waals surface area contributed by atoms with Gasteiger partial charge in [-0.15, -0.1) is 0 Å². The fraction of sp³-hybridized carbons (Fsp3) is 0.250. The number of benzene rings is 3. The summed E-state index contributed by atoms with van der Waals surface area (Å²) < 4.78 is 13.0. The predicted octanol–water partition coefficient (Wildman–Crippen LogP) is 5.90. The van der Waals surface area contributed by atoms with Gasteiger partial charge >= 0.3 is 0 Å². The quantitative estimate of drug-likeness (QED) is 0.233. The lowest BCUT2D eigenvalue weighted by Gasteiger charge is -2.28. The van der Waals surface area contributed by atoms with Crippen LogP contribution in [0, 0.1) is 0 Å². The van der Waals surface area contributed by atoms with Gasteiger partial charge in [0.2, 0.25) is 5.89 Å². The maximum atomic E-state index is 6.31. The zero-order valence-corrected chi connectivity index (χ0v) is 18.9. The molecule has 4 heteroatoms. The second kappa shape index (κ2) is 10.3. The number of nitrogens with zero attached hydrogens (tertiary/aromatic N) is 2. The number of quaternary nitrogens is 1. The summed E-state index contributed by atoms with van der Waals surface area (Å²) in [5, 5.41) is 0. The molecule has 0 radical (unpaired) electrons. The lowest BCUT2D eigenvalue weighted by molar-refractivity contribution is -0.904. The van der Waals surface area contributed by atoms with Gasteiger partial charge in [0, 0.05) is 6.42 Å². The number of ether oxygens (including phenoxy) is 1. The first-order valence-corrected chi connectivity index (χ1v) is 11.2. The van der Waals surface area contributed by atoms with Gasteiger partial charge in [-0.25, -0.2) is 4.98 Å². The molecule has 0 unspecified atom stereocenters. The van der Waals surface area contributed by atoms with Crippen LogP contribution in [-0.2, 0) is 6.54 Å². The van der Waals surface area contributed by atoms with E-state index in [0.29, 0.717) is 6.61 Å². The third kappa shape index (κ3) is 5.86. The topological polar surface area (TPSA) is 35.3 Å². The van der Waals surface area contributed by atoms with Gasteiger partial charge < -0.3 is 13.6 Å². The van der Waals surface area contributed by atoms with E-state index >= 15 is 0 Å². The van der Waals surface area contributed by atoms with Crippen molar-refractivity contribution in [1.82, 2.24) is 4.98 Å². The molecule has 0 aliphatic heterocycles. The Morgan fingerprint density at radius 1 is 0.812 bits per heavy atom. The minimum absolute atomic E-state index is 0.0129. The Balaban J connectivity index is 1.41. The van der Waals surface area contributed by atoms with Crippen molar-refractivity contribution in [2.75, 3.05) is 27.2 Å². The van der Waals surface area contributed by atoms with Crippen LogP contribution in [0.15, 0.2) is 102 Å². The average Bonchev–Trinajstić information content (AvgIpc) is 3.26. The number of para-hydroxylation sites is 1. The van der Waals surface area contributed by atoms with E-state index in [1.165, 1.54) is 11.1 Å². The van der Waals surface area contributed by atoms with E-state index < -0.39 is 0 Å². The van der Waals surface area contributed by atoms with Crippen LogP contribution in [0.2, 0.25) is 0 Å². The van der Waals surface area contributed by atoms with Gasteiger partial charge in [-0.2, -0.15) is 0 Å². The summed E-state index contributed by atoms with van der Waals surface area (Å²) in [5.74, 6) is 2.56. The second-order valence-corrected chi connectivity index (χ2v) is 8.75. The summed E-state index contributed by atoms with van der Waals surface area (Å²) >= 11 is 0. The molecule has 0 saturated carbocycles. The van der Waals surface area contributed by atoms with Crippen molar-refractivity contribution in [3.63, 3.8) is 0 Å². The van der Waals surface area contributed by atoms with Gasteiger partial charge in [0.25, 0.3) is 0 Å². The summed E-state index contributed by atoms with van der Waals surface area (Å²) in [7, 11) is 4.44. The smallest absolute Gasteiger partial charge is 0.206 e. The fourth-order valence-corrected chi connectivity index (χ4v) is 4.00. The molecular formula is C28H31N2O2+. The molecule has 0 saturated heterocycles. The van der Waals surface area contributed by atoms with Crippen molar-refractivity contribution in [2.45, 2.75) is 18.9 Å². The van der Waals surface area contributed by atoms with E-state index in [0.717, 1.165) is 41.4 Å². The van der Waals surface area contributed by atoms with E-state index in [9.17, 15) is 0 Å². The number of hydrogen-bond donors (Lipinski definition) is 0. The normalized spacial score (nSPS) is 11.6. The number of oxazole rings is 1. The molecule has 0 aliphatic carbocycles. The largest absolute Gasteiger partial charge is 0.493 e. The van der Waals surface area contributed by atoms with Crippen molar-refractivity contribution in [2.24, 2.45) is 0 Å². The standard InChI is InChI=1S/C28H31N2O2/c1-30(2,19-12-20-31-25-17-10-5-11-18-25)22-26-21-29-28(32-26)27(23-13-6-3-7-14-23)24-15-8-4-9-16-24/h3-11,13-18,21,27H,12,19-20,22H2,1-2H3/q+1. The van der Waals surface area contributed by atoms with Crippen LogP contribution in [-0.4, -0.2) is 36.7 Å². The molecule has 164 valence electrons. The Bertz CT molecular complexity index is 1040. The molecule has 1 heterocycles. The Hall–Kier alpha value is -3.37. The zero-order chi connectivity index (χ0) is 22.2. The van der Waals surface area contributed by atoms with E-state index in [4.69, 9.17) is 9.15 Å². The highest BCUT2D eigenvalue weighted by Crippen LogP contribution is 2.31. The van der Waals surface area contributed by atoms with Crippen LogP contribution >= 0.6 is 0 Å². The predicted molar refractivity (Wildman–Crippen MR) is 128 cm³/mol. The molecule has 4 nitrogen and oxygen atoms in total. The first kappa shape index (κ1) is 21.8. The molecule has 4 rings (SSSR count). The minimum atomic E-state index is -0.0129. The minimum Gasteiger partial charge on any atom is -0.493 e. The van der Waals surface area contributed by atoms with Gasteiger partial charge in [-0.05, 0) is 23.3 Å². The molecule has 4 aromatic rings. The van der Waals surface area contributed by atoms with E-state index in [2.05, 4.69) is 67.6 Å². The van der Waals surface area contributed by atoms with Gasteiger partial charge in [0.15, 0.2) is 5.76 Å². The molecule has 1 aromatic heterocycles. The van der Waals surface area contributed by atoms with Crippen molar-refractivity contribution in [1.29, 1.82) is 0 Å². The SMILES string of the molecule is C[N+](C)(CCCOc1ccccc1)Cc1cnc(C(c2ccccc2)c2ccccc2)o1. The van der Waals surface area contributed by atoms with Crippen molar-refractivity contribution >= 4 is 0 Å². The van der Waals surface area contributed by atoms with Crippen LogP contribution in [0.25, 0.3) is 0 Å². The molecule has 0 bridgehead atoms. The molecule has 0 spiro atoms. The first-order valence-electron chi connectivity index (χ1n) is 11.2.